The predicted molar refractivity (Wildman–Crippen MR) is 54.3 cm³/mol. The molecule has 1 aromatic heterocycles. The quantitative estimate of drug-likeness (QED) is 0.841. The van der Waals surface area contributed by atoms with Crippen LogP contribution in [0.5, 0.6) is 0 Å². The normalized spacial score (nSPS) is 13.2. The number of halogens is 3. The zero-order valence-corrected chi connectivity index (χ0v) is 9.16. The van der Waals surface area contributed by atoms with Crippen LogP contribution in [0.2, 0.25) is 0 Å². The van der Waals surface area contributed by atoms with Gasteiger partial charge in [-0.05, 0) is 6.92 Å². The first-order valence-electron chi connectivity index (χ1n) is 4.93. The van der Waals surface area contributed by atoms with Crippen LogP contribution in [0.15, 0.2) is 18.7 Å². The predicted octanol–water partition coefficient (Wildman–Crippen LogP) is 1.13. The number of aromatic nitrogens is 2. The molecule has 1 atom stereocenters. The van der Waals surface area contributed by atoms with E-state index in [1.807, 2.05) is 0 Å². The summed E-state index contributed by atoms with van der Waals surface area (Å²) in [5.74, 6) is 0. The third kappa shape index (κ3) is 5.79. The molecule has 2 N–H and O–H groups in total. The third-order valence-electron chi connectivity index (χ3n) is 1.87. The van der Waals surface area contributed by atoms with E-state index in [1.54, 1.807) is 35.5 Å². The van der Waals surface area contributed by atoms with Gasteiger partial charge < -0.3 is 15.2 Å². The topological polar surface area (TPSA) is 59.0 Å². The van der Waals surface area contributed by atoms with E-state index >= 15 is 0 Å². The minimum Gasteiger partial charge on any atom is -0.335 e. The van der Waals surface area contributed by atoms with Gasteiger partial charge in [-0.15, -0.1) is 0 Å². The van der Waals surface area contributed by atoms with Gasteiger partial charge in [0.25, 0.3) is 0 Å². The zero-order valence-electron chi connectivity index (χ0n) is 9.16. The summed E-state index contributed by atoms with van der Waals surface area (Å²) in [5.41, 5.74) is 0. The molecule has 96 valence electrons. The second-order valence-electron chi connectivity index (χ2n) is 3.60. The Bertz CT molecular complexity index is 350. The number of urea groups is 1. The van der Waals surface area contributed by atoms with Crippen molar-refractivity contribution in [3.05, 3.63) is 18.7 Å². The first-order chi connectivity index (χ1) is 7.87. The van der Waals surface area contributed by atoms with E-state index in [9.17, 15) is 18.0 Å². The zero-order chi connectivity index (χ0) is 12.9. The number of amides is 2. The highest BCUT2D eigenvalue weighted by Crippen LogP contribution is 2.11. The summed E-state index contributed by atoms with van der Waals surface area (Å²) in [6.45, 7) is 0.795. The van der Waals surface area contributed by atoms with Crippen molar-refractivity contribution in [1.29, 1.82) is 0 Å². The van der Waals surface area contributed by atoms with Crippen LogP contribution in [0.1, 0.15) is 6.92 Å². The summed E-state index contributed by atoms with van der Waals surface area (Å²) in [5, 5.41) is 4.13. The molecular weight excluding hydrogens is 237 g/mol. The third-order valence-corrected chi connectivity index (χ3v) is 1.87. The fourth-order valence-corrected chi connectivity index (χ4v) is 1.21. The lowest BCUT2D eigenvalue weighted by Crippen LogP contribution is -2.45. The molecule has 8 heteroatoms. The van der Waals surface area contributed by atoms with Gasteiger partial charge in [0.2, 0.25) is 0 Å². The SMILES string of the molecule is C[C@@H](Cn1ccnc1)NC(=O)NCC(F)(F)F. The molecule has 5 nitrogen and oxygen atoms in total. The summed E-state index contributed by atoms with van der Waals surface area (Å²) in [6.07, 6.45) is 0.443. The van der Waals surface area contributed by atoms with Gasteiger partial charge in [0.15, 0.2) is 0 Å². The van der Waals surface area contributed by atoms with Crippen LogP contribution < -0.4 is 10.6 Å². The van der Waals surface area contributed by atoms with E-state index in [0.717, 1.165) is 0 Å². The Labute approximate surface area is 96.0 Å². The van der Waals surface area contributed by atoms with Crippen LogP contribution in [0, 0.1) is 0 Å². The van der Waals surface area contributed by atoms with Crippen molar-refractivity contribution in [1.82, 2.24) is 20.2 Å². The number of carbonyl (C=O) groups excluding carboxylic acids is 1. The molecule has 1 aromatic rings. The number of imidazole rings is 1. The van der Waals surface area contributed by atoms with Gasteiger partial charge in [-0.25, -0.2) is 9.78 Å². The number of carbonyl (C=O) groups is 1. The summed E-state index contributed by atoms with van der Waals surface area (Å²) >= 11 is 0. The molecule has 0 aliphatic heterocycles. The van der Waals surface area contributed by atoms with Crippen LogP contribution in [-0.4, -0.2) is 34.3 Å². The molecular formula is C9H13F3N4O. The van der Waals surface area contributed by atoms with Crippen LogP contribution >= 0.6 is 0 Å². The van der Waals surface area contributed by atoms with Gasteiger partial charge in [-0.2, -0.15) is 13.2 Å². The molecule has 0 unspecified atom stereocenters. The molecule has 0 aliphatic carbocycles. The van der Waals surface area contributed by atoms with E-state index in [0.29, 0.717) is 6.54 Å². The van der Waals surface area contributed by atoms with Gasteiger partial charge in [-0.3, -0.25) is 0 Å². The highest BCUT2D eigenvalue weighted by molar-refractivity contribution is 5.74. The first-order valence-corrected chi connectivity index (χ1v) is 4.93. The van der Waals surface area contributed by atoms with Crippen LogP contribution in [0.3, 0.4) is 0 Å². The van der Waals surface area contributed by atoms with Gasteiger partial charge >= 0.3 is 12.2 Å². The van der Waals surface area contributed by atoms with Gasteiger partial charge in [0.05, 0.1) is 6.33 Å². The van der Waals surface area contributed by atoms with E-state index < -0.39 is 18.8 Å². The number of alkyl halides is 3. The lowest BCUT2D eigenvalue weighted by molar-refractivity contribution is -0.122. The lowest BCUT2D eigenvalue weighted by Gasteiger charge is -2.15. The van der Waals surface area contributed by atoms with Crippen LogP contribution in [0.25, 0.3) is 0 Å². The standard InChI is InChI=1S/C9H13F3N4O/c1-7(4-16-3-2-13-6-16)15-8(17)14-5-9(10,11)12/h2-3,6-7H,4-5H2,1H3,(H2,14,15,17)/t7-/m0/s1. The van der Waals surface area contributed by atoms with Crippen LogP contribution in [0.4, 0.5) is 18.0 Å². The Morgan fingerprint density at radius 2 is 2.24 bits per heavy atom. The number of nitrogens with zero attached hydrogens (tertiary/aromatic N) is 2. The maximum atomic E-state index is 11.8. The Hall–Kier alpha value is -1.73. The van der Waals surface area contributed by atoms with Crippen molar-refractivity contribution in [2.45, 2.75) is 25.7 Å². The van der Waals surface area contributed by atoms with E-state index in [1.165, 1.54) is 0 Å². The smallest absolute Gasteiger partial charge is 0.335 e. The fourth-order valence-electron chi connectivity index (χ4n) is 1.21. The Morgan fingerprint density at radius 1 is 1.53 bits per heavy atom. The number of hydrogen-bond donors (Lipinski definition) is 2. The molecule has 0 fully saturated rings. The molecule has 0 bridgehead atoms. The Balaban J connectivity index is 2.26. The Morgan fingerprint density at radius 3 is 2.76 bits per heavy atom. The second-order valence-corrected chi connectivity index (χ2v) is 3.60. The molecule has 1 rings (SSSR count). The highest BCUT2D eigenvalue weighted by atomic mass is 19.4. The molecule has 0 spiro atoms. The highest BCUT2D eigenvalue weighted by Gasteiger charge is 2.27. The van der Waals surface area contributed by atoms with Crippen molar-refractivity contribution in [2.24, 2.45) is 0 Å². The van der Waals surface area contributed by atoms with E-state index in [4.69, 9.17) is 0 Å². The minimum absolute atomic E-state index is 0.294. The molecule has 0 saturated carbocycles. The molecule has 1 heterocycles. The summed E-state index contributed by atoms with van der Waals surface area (Å²) in [4.78, 5) is 14.9. The van der Waals surface area contributed by atoms with Gasteiger partial charge in [0, 0.05) is 25.0 Å². The van der Waals surface area contributed by atoms with Crippen LogP contribution in [-0.2, 0) is 6.54 Å². The molecule has 0 aromatic carbocycles. The van der Waals surface area contributed by atoms with Crippen molar-refractivity contribution in [3.63, 3.8) is 0 Å². The minimum atomic E-state index is -4.40. The molecule has 0 saturated heterocycles. The lowest BCUT2D eigenvalue weighted by atomic mass is 10.3. The molecule has 0 aliphatic rings. The average molecular weight is 250 g/mol. The maximum absolute atomic E-state index is 11.8. The van der Waals surface area contributed by atoms with Gasteiger partial charge in [-0.1, -0.05) is 0 Å². The first kappa shape index (κ1) is 13.3. The number of nitrogens with one attached hydrogen (secondary N) is 2. The molecule has 2 amide bonds. The monoisotopic (exact) mass is 250 g/mol. The van der Waals surface area contributed by atoms with Gasteiger partial charge in [0.1, 0.15) is 6.54 Å². The fraction of sp³-hybridized carbons (Fsp3) is 0.556. The summed E-state index contributed by atoms with van der Waals surface area (Å²) in [6, 6.07) is -1.13. The largest absolute Gasteiger partial charge is 0.405 e. The molecule has 17 heavy (non-hydrogen) atoms. The van der Waals surface area contributed by atoms with Crippen molar-refractivity contribution < 1.29 is 18.0 Å². The second kappa shape index (κ2) is 5.55. The van der Waals surface area contributed by atoms with Crippen molar-refractivity contribution in [3.8, 4) is 0 Å². The van der Waals surface area contributed by atoms with Crippen molar-refractivity contribution in [2.75, 3.05) is 6.54 Å². The number of rotatable bonds is 4. The summed E-state index contributed by atoms with van der Waals surface area (Å²) in [7, 11) is 0. The number of hydrogen-bond acceptors (Lipinski definition) is 2. The average Bonchev–Trinajstić information content (AvgIpc) is 2.66. The molecule has 0 radical (unpaired) electrons. The summed E-state index contributed by atoms with van der Waals surface area (Å²) < 4.78 is 37.1. The van der Waals surface area contributed by atoms with E-state index in [-0.39, 0.29) is 6.04 Å². The van der Waals surface area contributed by atoms with E-state index in [2.05, 4.69) is 10.3 Å². The van der Waals surface area contributed by atoms with Crippen molar-refractivity contribution >= 4 is 6.03 Å². The maximum Gasteiger partial charge on any atom is 0.405 e. The Kier molecular flexibility index (Phi) is 4.36.